The SMILES string of the molecule is COC(=O)C(N)CCSCc1cccc(Cl)n1. The number of ether oxygens (including phenoxy) is 1. The van der Waals surface area contributed by atoms with Crippen molar-refractivity contribution in [2.24, 2.45) is 5.73 Å². The van der Waals surface area contributed by atoms with Crippen molar-refractivity contribution in [1.82, 2.24) is 4.98 Å². The summed E-state index contributed by atoms with van der Waals surface area (Å²) in [5.74, 6) is 1.17. The number of hydrogen-bond acceptors (Lipinski definition) is 5. The summed E-state index contributed by atoms with van der Waals surface area (Å²) in [5, 5.41) is 0.495. The standard InChI is InChI=1S/C11H15ClN2O2S/c1-16-11(15)9(13)5-6-17-7-8-3-2-4-10(12)14-8/h2-4,9H,5-7,13H2,1H3. The van der Waals surface area contributed by atoms with Crippen LogP contribution in [0.5, 0.6) is 0 Å². The van der Waals surface area contributed by atoms with Gasteiger partial charge >= 0.3 is 5.97 Å². The molecule has 4 nitrogen and oxygen atoms in total. The molecule has 1 heterocycles. The molecule has 0 saturated heterocycles. The summed E-state index contributed by atoms with van der Waals surface area (Å²) in [6.07, 6.45) is 0.595. The second-order valence-corrected chi connectivity index (χ2v) is 4.91. The van der Waals surface area contributed by atoms with Crippen molar-refractivity contribution in [2.45, 2.75) is 18.2 Å². The van der Waals surface area contributed by atoms with Gasteiger partial charge in [-0.05, 0) is 24.3 Å². The summed E-state index contributed by atoms with van der Waals surface area (Å²) in [6, 6.07) is 4.98. The van der Waals surface area contributed by atoms with E-state index in [1.807, 2.05) is 12.1 Å². The topological polar surface area (TPSA) is 65.2 Å². The number of nitrogens with zero attached hydrogens (tertiary/aromatic N) is 1. The molecule has 1 unspecified atom stereocenters. The van der Waals surface area contributed by atoms with E-state index in [1.165, 1.54) is 7.11 Å². The number of halogens is 1. The van der Waals surface area contributed by atoms with Gasteiger partial charge in [0.25, 0.3) is 0 Å². The highest BCUT2D eigenvalue weighted by Gasteiger charge is 2.12. The maximum absolute atomic E-state index is 11.0. The van der Waals surface area contributed by atoms with Crippen molar-refractivity contribution in [3.8, 4) is 0 Å². The van der Waals surface area contributed by atoms with Crippen molar-refractivity contribution in [3.63, 3.8) is 0 Å². The van der Waals surface area contributed by atoms with Gasteiger partial charge in [0.15, 0.2) is 0 Å². The molecule has 17 heavy (non-hydrogen) atoms. The minimum Gasteiger partial charge on any atom is -0.468 e. The summed E-state index contributed by atoms with van der Waals surface area (Å²) in [6.45, 7) is 0. The van der Waals surface area contributed by atoms with Crippen molar-refractivity contribution in [3.05, 3.63) is 29.0 Å². The van der Waals surface area contributed by atoms with Crippen molar-refractivity contribution in [1.29, 1.82) is 0 Å². The first kappa shape index (κ1) is 14.3. The molecule has 0 aliphatic carbocycles. The van der Waals surface area contributed by atoms with Gasteiger partial charge < -0.3 is 10.5 Å². The van der Waals surface area contributed by atoms with E-state index in [-0.39, 0.29) is 5.97 Å². The number of rotatable bonds is 6. The molecule has 0 bridgehead atoms. The van der Waals surface area contributed by atoms with Gasteiger partial charge in [0.1, 0.15) is 11.2 Å². The summed E-state index contributed by atoms with van der Waals surface area (Å²) in [7, 11) is 1.34. The first-order valence-electron chi connectivity index (χ1n) is 5.16. The van der Waals surface area contributed by atoms with Gasteiger partial charge in [-0.15, -0.1) is 0 Å². The first-order chi connectivity index (χ1) is 8.13. The summed E-state index contributed by atoms with van der Waals surface area (Å²) in [5.41, 5.74) is 6.53. The zero-order valence-electron chi connectivity index (χ0n) is 9.56. The molecule has 1 aromatic rings. The molecular weight excluding hydrogens is 260 g/mol. The molecule has 0 aromatic carbocycles. The van der Waals surface area contributed by atoms with Gasteiger partial charge in [-0.2, -0.15) is 11.8 Å². The van der Waals surface area contributed by atoms with Crippen LogP contribution in [0.3, 0.4) is 0 Å². The van der Waals surface area contributed by atoms with Crippen LogP contribution in [0, 0.1) is 0 Å². The smallest absolute Gasteiger partial charge is 0.322 e. The third-order valence-corrected chi connectivity index (χ3v) is 3.33. The van der Waals surface area contributed by atoms with E-state index < -0.39 is 6.04 Å². The monoisotopic (exact) mass is 274 g/mol. The van der Waals surface area contributed by atoms with Crippen molar-refractivity contribution < 1.29 is 9.53 Å². The minimum atomic E-state index is -0.542. The fourth-order valence-corrected chi connectivity index (χ4v) is 2.30. The Hall–Kier alpha value is -0.780. The van der Waals surface area contributed by atoms with E-state index >= 15 is 0 Å². The van der Waals surface area contributed by atoms with Crippen LogP contribution in [-0.4, -0.2) is 29.9 Å². The average Bonchev–Trinajstić information content (AvgIpc) is 2.33. The number of hydrogen-bond donors (Lipinski definition) is 1. The highest BCUT2D eigenvalue weighted by molar-refractivity contribution is 7.98. The highest BCUT2D eigenvalue weighted by atomic mass is 35.5. The van der Waals surface area contributed by atoms with Gasteiger partial charge in [-0.1, -0.05) is 17.7 Å². The van der Waals surface area contributed by atoms with Gasteiger partial charge in [-0.3, -0.25) is 4.79 Å². The molecule has 1 aromatic heterocycles. The van der Waals surface area contributed by atoms with E-state index in [9.17, 15) is 4.79 Å². The lowest BCUT2D eigenvalue weighted by Gasteiger charge is -2.08. The second kappa shape index (κ2) is 7.53. The second-order valence-electron chi connectivity index (χ2n) is 3.42. The molecule has 0 aliphatic heterocycles. The fraction of sp³-hybridized carbons (Fsp3) is 0.455. The third-order valence-electron chi connectivity index (χ3n) is 2.10. The van der Waals surface area contributed by atoms with E-state index in [0.717, 1.165) is 17.2 Å². The molecule has 0 aliphatic rings. The molecule has 0 radical (unpaired) electrons. The number of pyridine rings is 1. The largest absolute Gasteiger partial charge is 0.468 e. The number of esters is 1. The Labute approximate surface area is 110 Å². The van der Waals surface area contributed by atoms with Gasteiger partial charge in [0, 0.05) is 5.75 Å². The molecule has 94 valence electrons. The molecule has 0 saturated carbocycles. The van der Waals surface area contributed by atoms with Gasteiger partial charge in [0.05, 0.1) is 12.8 Å². The van der Waals surface area contributed by atoms with Crippen LogP contribution in [0.2, 0.25) is 5.15 Å². The zero-order chi connectivity index (χ0) is 12.7. The lowest BCUT2D eigenvalue weighted by atomic mass is 10.2. The summed E-state index contributed by atoms with van der Waals surface area (Å²) in [4.78, 5) is 15.2. The number of carbonyl (C=O) groups excluding carboxylic acids is 1. The van der Waals surface area contributed by atoms with Crippen LogP contribution in [0.4, 0.5) is 0 Å². The Morgan fingerprint density at radius 1 is 1.65 bits per heavy atom. The normalized spacial score (nSPS) is 12.2. The average molecular weight is 275 g/mol. The number of nitrogens with two attached hydrogens (primary N) is 1. The number of carbonyl (C=O) groups is 1. The maximum Gasteiger partial charge on any atom is 0.322 e. The van der Waals surface area contributed by atoms with Crippen molar-refractivity contribution >= 4 is 29.3 Å². The van der Waals surface area contributed by atoms with Crippen LogP contribution >= 0.6 is 23.4 Å². The zero-order valence-corrected chi connectivity index (χ0v) is 11.1. The minimum absolute atomic E-state index is 0.369. The van der Waals surface area contributed by atoms with E-state index in [2.05, 4.69) is 9.72 Å². The van der Waals surface area contributed by atoms with Gasteiger partial charge in [0.2, 0.25) is 0 Å². The molecule has 1 atom stereocenters. The first-order valence-corrected chi connectivity index (χ1v) is 6.69. The summed E-state index contributed by atoms with van der Waals surface area (Å²) >= 11 is 7.43. The number of aromatic nitrogens is 1. The Morgan fingerprint density at radius 3 is 3.06 bits per heavy atom. The van der Waals surface area contributed by atoms with Crippen molar-refractivity contribution in [2.75, 3.05) is 12.9 Å². The molecule has 2 N–H and O–H groups in total. The lowest BCUT2D eigenvalue weighted by molar-refractivity contribution is -0.142. The van der Waals surface area contributed by atoms with E-state index in [0.29, 0.717) is 11.6 Å². The fourth-order valence-electron chi connectivity index (χ4n) is 1.19. The Morgan fingerprint density at radius 2 is 2.41 bits per heavy atom. The maximum atomic E-state index is 11.0. The van der Waals surface area contributed by atoms with Gasteiger partial charge in [-0.25, -0.2) is 4.98 Å². The third kappa shape index (κ3) is 5.39. The summed E-state index contributed by atoms with van der Waals surface area (Å²) < 4.78 is 4.54. The number of methoxy groups -OCH3 is 1. The molecule has 0 amide bonds. The molecule has 1 rings (SSSR count). The number of thioether (sulfide) groups is 1. The Balaban J connectivity index is 2.22. The molecule has 0 spiro atoms. The van der Waals surface area contributed by atoms with Crippen LogP contribution in [0.1, 0.15) is 12.1 Å². The molecule has 0 fully saturated rings. The predicted octanol–water partition coefficient (Wildman–Crippen LogP) is 1.86. The van der Waals surface area contributed by atoms with E-state index in [4.69, 9.17) is 17.3 Å². The van der Waals surface area contributed by atoms with Crippen LogP contribution in [0.25, 0.3) is 0 Å². The molecular formula is C11H15ClN2O2S. The predicted molar refractivity (Wildman–Crippen MR) is 70.0 cm³/mol. The molecule has 6 heteroatoms. The Bertz CT molecular complexity index is 376. The quantitative estimate of drug-likeness (QED) is 0.487. The van der Waals surface area contributed by atoms with Crippen LogP contribution in [-0.2, 0) is 15.3 Å². The lowest BCUT2D eigenvalue weighted by Crippen LogP contribution is -2.31. The van der Waals surface area contributed by atoms with E-state index in [1.54, 1.807) is 17.8 Å². The highest BCUT2D eigenvalue weighted by Crippen LogP contribution is 2.14. The van der Waals surface area contributed by atoms with Crippen LogP contribution in [0.15, 0.2) is 18.2 Å². The Kier molecular flexibility index (Phi) is 6.32. The van der Waals surface area contributed by atoms with Crippen LogP contribution < -0.4 is 5.73 Å².